The highest BCUT2D eigenvalue weighted by molar-refractivity contribution is 5.90. The number of aromatic nitrogens is 1. The molecule has 0 unspecified atom stereocenters. The van der Waals surface area contributed by atoms with Crippen molar-refractivity contribution in [1.82, 2.24) is 10.3 Å². The van der Waals surface area contributed by atoms with E-state index >= 15 is 0 Å². The van der Waals surface area contributed by atoms with Gasteiger partial charge in [-0.25, -0.2) is 4.98 Å². The van der Waals surface area contributed by atoms with E-state index in [1.165, 1.54) is 0 Å². The second kappa shape index (κ2) is 6.18. The maximum atomic E-state index is 5.81. The summed E-state index contributed by atoms with van der Waals surface area (Å²) >= 11 is 0. The van der Waals surface area contributed by atoms with E-state index in [0.717, 1.165) is 35.2 Å². The monoisotopic (exact) mass is 288 g/mol. The first-order valence-electron chi connectivity index (χ1n) is 7.28. The molecule has 21 heavy (non-hydrogen) atoms. The molecule has 0 bridgehead atoms. The summed E-state index contributed by atoms with van der Waals surface area (Å²) in [6.45, 7) is 6.12. The lowest BCUT2D eigenvalue weighted by atomic mass is 10.1. The summed E-state index contributed by atoms with van der Waals surface area (Å²) < 4.78 is 16.6. The summed E-state index contributed by atoms with van der Waals surface area (Å²) in [5, 5.41) is 5.37. The molecule has 0 saturated carbocycles. The van der Waals surface area contributed by atoms with E-state index in [9.17, 15) is 0 Å². The van der Waals surface area contributed by atoms with E-state index in [-0.39, 0.29) is 6.79 Å². The lowest BCUT2D eigenvalue weighted by Crippen LogP contribution is -2.24. The third-order valence-corrected chi connectivity index (χ3v) is 3.33. The smallest absolute Gasteiger partial charge is 0.231 e. The minimum atomic E-state index is 0.274. The maximum absolute atomic E-state index is 5.81. The first kappa shape index (κ1) is 13.9. The van der Waals surface area contributed by atoms with Gasteiger partial charge in [0.05, 0.1) is 6.61 Å². The van der Waals surface area contributed by atoms with Gasteiger partial charge in [0.2, 0.25) is 12.7 Å². The van der Waals surface area contributed by atoms with Gasteiger partial charge in [-0.1, -0.05) is 13.8 Å². The molecule has 0 radical (unpaired) electrons. The Morgan fingerprint density at radius 3 is 2.90 bits per heavy atom. The Morgan fingerprint density at radius 1 is 1.29 bits per heavy atom. The maximum Gasteiger partial charge on any atom is 0.231 e. The average molecular weight is 288 g/mol. The van der Waals surface area contributed by atoms with E-state index in [0.29, 0.717) is 18.5 Å². The van der Waals surface area contributed by atoms with Crippen molar-refractivity contribution in [2.75, 3.05) is 19.9 Å². The predicted molar refractivity (Wildman–Crippen MR) is 81.1 cm³/mol. The van der Waals surface area contributed by atoms with Crippen molar-refractivity contribution < 1.29 is 14.2 Å². The number of benzene rings is 1. The molecule has 1 aliphatic heterocycles. The fourth-order valence-corrected chi connectivity index (χ4v) is 2.28. The zero-order valence-electron chi connectivity index (χ0n) is 12.4. The SMILES string of the molecule is CC(C)NCCCOc1nccc2cc3c(cc12)OCO3. The Morgan fingerprint density at radius 2 is 2.10 bits per heavy atom. The molecule has 0 atom stereocenters. The van der Waals surface area contributed by atoms with E-state index in [1.54, 1.807) is 6.20 Å². The Kier molecular flexibility index (Phi) is 4.10. The van der Waals surface area contributed by atoms with Gasteiger partial charge in [0.15, 0.2) is 11.5 Å². The van der Waals surface area contributed by atoms with Gasteiger partial charge < -0.3 is 19.5 Å². The summed E-state index contributed by atoms with van der Waals surface area (Å²) in [5.41, 5.74) is 0. The van der Waals surface area contributed by atoms with Crippen molar-refractivity contribution in [3.8, 4) is 17.4 Å². The summed E-state index contributed by atoms with van der Waals surface area (Å²) in [6.07, 6.45) is 2.70. The number of nitrogens with zero attached hydrogens (tertiary/aromatic N) is 1. The average Bonchev–Trinajstić information content (AvgIpc) is 2.91. The molecule has 112 valence electrons. The molecule has 0 amide bonds. The van der Waals surface area contributed by atoms with Gasteiger partial charge in [0, 0.05) is 17.6 Å². The second-order valence-corrected chi connectivity index (χ2v) is 5.35. The molecule has 1 aliphatic rings. The quantitative estimate of drug-likeness (QED) is 0.828. The molecule has 2 heterocycles. The van der Waals surface area contributed by atoms with Gasteiger partial charge in [-0.15, -0.1) is 0 Å². The van der Waals surface area contributed by atoms with Gasteiger partial charge >= 0.3 is 0 Å². The van der Waals surface area contributed by atoms with Gasteiger partial charge in [-0.2, -0.15) is 0 Å². The van der Waals surface area contributed by atoms with Crippen molar-refractivity contribution in [3.63, 3.8) is 0 Å². The number of ether oxygens (including phenoxy) is 3. The van der Waals surface area contributed by atoms with Crippen LogP contribution in [0, 0.1) is 0 Å². The van der Waals surface area contributed by atoms with Gasteiger partial charge in [-0.05, 0) is 36.6 Å². The zero-order chi connectivity index (χ0) is 14.7. The summed E-state index contributed by atoms with van der Waals surface area (Å²) in [6, 6.07) is 6.35. The number of hydrogen-bond acceptors (Lipinski definition) is 5. The molecule has 5 heteroatoms. The van der Waals surface area contributed by atoms with Crippen molar-refractivity contribution in [2.45, 2.75) is 26.3 Å². The zero-order valence-corrected chi connectivity index (χ0v) is 12.4. The minimum Gasteiger partial charge on any atom is -0.477 e. The van der Waals surface area contributed by atoms with E-state index < -0.39 is 0 Å². The van der Waals surface area contributed by atoms with E-state index in [1.807, 2.05) is 18.2 Å². The van der Waals surface area contributed by atoms with Crippen LogP contribution in [-0.4, -0.2) is 31.0 Å². The van der Waals surface area contributed by atoms with E-state index in [4.69, 9.17) is 14.2 Å². The molecule has 0 aliphatic carbocycles. The predicted octanol–water partition coefficient (Wildman–Crippen LogP) is 2.73. The standard InChI is InChI=1S/C16H20N2O3/c1-11(2)17-5-3-7-19-16-13-9-15-14(20-10-21-15)8-12(13)4-6-18-16/h4,6,8-9,11,17H,3,5,7,10H2,1-2H3. The molecule has 3 rings (SSSR count). The van der Waals surface area contributed by atoms with Crippen LogP contribution in [0.5, 0.6) is 17.4 Å². The lowest BCUT2D eigenvalue weighted by Gasteiger charge is -2.10. The fourth-order valence-electron chi connectivity index (χ4n) is 2.28. The minimum absolute atomic E-state index is 0.274. The third kappa shape index (κ3) is 3.19. The summed E-state index contributed by atoms with van der Waals surface area (Å²) in [4.78, 5) is 4.33. The summed E-state index contributed by atoms with van der Waals surface area (Å²) in [7, 11) is 0. The number of fused-ring (bicyclic) bond motifs is 2. The Bertz CT molecular complexity index is 628. The molecule has 1 aromatic heterocycles. The molecular formula is C16H20N2O3. The van der Waals surface area contributed by atoms with Crippen molar-refractivity contribution in [2.24, 2.45) is 0 Å². The Labute approximate surface area is 124 Å². The number of rotatable bonds is 6. The van der Waals surface area contributed by atoms with Crippen molar-refractivity contribution in [3.05, 3.63) is 24.4 Å². The molecule has 1 aromatic carbocycles. The third-order valence-electron chi connectivity index (χ3n) is 3.33. The van der Waals surface area contributed by atoms with E-state index in [2.05, 4.69) is 24.1 Å². The Balaban J connectivity index is 1.70. The van der Waals surface area contributed by atoms with Crippen LogP contribution in [0.25, 0.3) is 10.8 Å². The van der Waals surface area contributed by atoms with Crippen LogP contribution in [0.1, 0.15) is 20.3 Å². The molecule has 0 spiro atoms. The number of nitrogens with one attached hydrogen (secondary N) is 1. The molecular weight excluding hydrogens is 268 g/mol. The van der Waals surface area contributed by atoms with Gasteiger partial charge in [-0.3, -0.25) is 0 Å². The van der Waals surface area contributed by atoms with Gasteiger partial charge in [0.25, 0.3) is 0 Å². The topological polar surface area (TPSA) is 52.6 Å². The molecule has 0 saturated heterocycles. The van der Waals surface area contributed by atoms with Crippen LogP contribution in [0.4, 0.5) is 0 Å². The Hall–Kier alpha value is -2.01. The highest BCUT2D eigenvalue weighted by atomic mass is 16.7. The van der Waals surface area contributed by atoms with Crippen LogP contribution in [0.2, 0.25) is 0 Å². The number of hydrogen-bond donors (Lipinski definition) is 1. The van der Waals surface area contributed by atoms with Crippen LogP contribution in [0.3, 0.4) is 0 Å². The molecule has 2 aromatic rings. The highest BCUT2D eigenvalue weighted by Crippen LogP contribution is 2.38. The van der Waals surface area contributed by atoms with Crippen LogP contribution in [-0.2, 0) is 0 Å². The second-order valence-electron chi connectivity index (χ2n) is 5.35. The van der Waals surface area contributed by atoms with Gasteiger partial charge in [0.1, 0.15) is 0 Å². The fraction of sp³-hybridized carbons (Fsp3) is 0.438. The molecule has 0 fully saturated rings. The van der Waals surface area contributed by atoms with Crippen LogP contribution < -0.4 is 19.5 Å². The first-order valence-corrected chi connectivity index (χ1v) is 7.28. The normalized spacial score (nSPS) is 13.1. The highest BCUT2D eigenvalue weighted by Gasteiger charge is 2.16. The molecule has 5 nitrogen and oxygen atoms in total. The van der Waals surface area contributed by atoms with Crippen molar-refractivity contribution in [1.29, 1.82) is 0 Å². The lowest BCUT2D eigenvalue weighted by molar-refractivity contribution is 0.174. The first-order chi connectivity index (χ1) is 10.2. The van der Waals surface area contributed by atoms with Crippen molar-refractivity contribution >= 4 is 10.8 Å². The van der Waals surface area contributed by atoms with Crippen LogP contribution in [0.15, 0.2) is 24.4 Å². The number of pyridine rings is 1. The largest absolute Gasteiger partial charge is 0.477 e. The van der Waals surface area contributed by atoms with Crippen LogP contribution >= 0.6 is 0 Å². The molecule has 1 N–H and O–H groups in total. The summed E-state index contributed by atoms with van der Waals surface area (Å²) in [5.74, 6) is 2.18.